The maximum absolute atomic E-state index is 13.1. The number of aromatic nitrogens is 1. The van der Waals surface area contributed by atoms with Gasteiger partial charge >= 0.3 is 0 Å². The molecule has 0 spiro atoms. The topological polar surface area (TPSA) is 59.1 Å². The van der Waals surface area contributed by atoms with Crippen LogP contribution in [-0.4, -0.2) is 16.1 Å². The van der Waals surface area contributed by atoms with Crippen molar-refractivity contribution >= 4 is 11.6 Å². The fourth-order valence-corrected chi connectivity index (χ4v) is 1.27. The summed E-state index contributed by atoms with van der Waals surface area (Å²) in [5.41, 5.74) is 5.63. The van der Waals surface area contributed by atoms with Gasteiger partial charge in [0, 0.05) is 17.8 Å². The van der Waals surface area contributed by atoms with Crippen molar-refractivity contribution in [1.82, 2.24) is 4.98 Å². The highest BCUT2D eigenvalue weighted by molar-refractivity contribution is 6.30. The molecule has 1 heterocycles. The molecule has 1 aromatic heterocycles. The van der Waals surface area contributed by atoms with E-state index in [1.165, 1.54) is 12.3 Å². The van der Waals surface area contributed by atoms with Gasteiger partial charge in [0.2, 0.25) is 5.95 Å². The first kappa shape index (κ1) is 11.4. The number of aliphatic hydroxyl groups is 1. The predicted molar refractivity (Wildman–Crippen MR) is 52.4 cm³/mol. The third kappa shape index (κ3) is 2.41. The molecule has 2 atom stereocenters. The van der Waals surface area contributed by atoms with Crippen LogP contribution in [0.25, 0.3) is 0 Å². The molecule has 0 fully saturated rings. The average Bonchev–Trinajstić information content (AvgIpc) is 2.19. The Morgan fingerprint density at radius 2 is 2.36 bits per heavy atom. The van der Waals surface area contributed by atoms with Gasteiger partial charge < -0.3 is 10.8 Å². The quantitative estimate of drug-likeness (QED) is 0.759. The van der Waals surface area contributed by atoms with Crippen molar-refractivity contribution in [2.75, 3.05) is 0 Å². The van der Waals surface area contributed by atoms with E-state index >= 15 is 0 Å². The molecule has 0 bridgehead atoms. The minimum atomic E-state index is -1.06. The molecule has 0 aromatic carbocycles. The average molecular weight is 219 g/mol. The number of nitrogens with zero attached hydrogens (tertiary/aromatic N) is 1. The van der Waals surface area contributed by atoms with Gasteiger partial charge in [0.1, 0.15) is 0 Å². The van der Waals surface area contributed by atoms with Gasteiger partial charge in [-0.3, -0.25) is 0 Å². The van der Waals surface area contributed by atoms with Gasteiger partial charge in [0.15, 0.2) is 0 Å². The molecule has 0 saturated carbocycles. The summed E-state index contributed by atoms with van der Waals surface area (Å²) in [6.07, 6.45) is 0.670. The molecular weight excluding hydrogens is 207 g/mol. The highest BCUT2D eigenvalue weighted by Crippen LogP contribution is 2.22. The Kier molecular flexibility index (Phi) is 3.80. The second-order valence-electron chi connectivity index (χ2n) is 3.05. The lowest BCUT2D eigenvalue weighted by Crippen LogP contribution is -2.28. The van der Waals surface area contributed by atoms with Gasteiger partial charge in [0.25, 0.3) is 0 Å². The van der Waals surface area contributed by atoms with Gasteiger partial charge in [-0.05, 0) is 12.5 Å². The largest absolute Gasteiger partial charge is 0.387 e. The van der Waals surface area contributed by atoms with Crippen molar-refractivity contribution in [3.63, 3.8) is 0 Å². The Morgan fingerprint density at radius 1 is 1.71 bits per heavy atom. The number of hydrogen-bond acceptors (Lipinski definition) is 3. The number of hydrogen-bond donors (Lipinski definition) is 2. The molecule has 0 amide bonds. The standard InChI is InChI=1S/C9H12ClFN2O/c1-2-7(12)8(14)6-3-5(10)4-13-9(6)11/h3-4,7-8,14H,2,12H2,1H3/t7-,8+/m1/s1. The van der Waals surface area contributed by atoms with Crippen molar-refractivity contribution in [2.45, 2.75) is 25.5 Å². The summed E-state index contributed by atoms with van der Waals surface area (Å²) in [7, 11) is 0. The molecule has 1 aromatic rings. The molecule has 5 heteroatoms. The Morgan fingerprint density at radius 3 is 2.93 bits per heavy atom. The predicted octanol–water partition coefficient (Wildman–Crippen LogP) is 1.64. The number of pyridine rings is 1. The highest BCUT2D eigenvalue weighted by Gasteiger charge is 2.19. The smallest absolute Gasteiger partial charge is 0.218 e. The van der Waals surface area contributed by atoms with Crippen LogP contribution < -0.4 is 5.73 Å². The minimum Gasteiger partial charge on any atom is -0.387 e. The fraction of sp³-hybridized carbons (Fsp3) is 0.444. The summed E-state index contributed by atoms with van der Waals surface area (Å²) in [5.74, 6) is -0.731. The monoisotopic (exact) mass is 218 g/mol. The highest BCUT2D eigenvalue weighted by atomic mass is 35.5. The first-order valence-corrected chi connectivity index (χ1v) is 4.68. The van der Waals surface area contributed by atoms with Crippen LogP contribution in [0.4, 0.5) is 4.39 Å². The van der Waals surface area contributed by atoms with E-state index in [4.69, 9.17) is 17.3 Å². The van der Waals surface area contributed by atoms with Crippen molar-refractivity contribution < 1.29 is 9.50 Å². The third-order valence-electron chi connectivity index (χ3n) is 2.03. The van der Waals surface area contributed by atoms with Gasteiger partial charge in [-0.2, -0.15) is 4.39 Å². The van der Waals surface area contributed by atoms with Gasteiger partial charge in [-0.1, -0.05) is 18.5 Å². The van der Waals surface area contributed by atoms with E-state index in [1.54, 1.807) is 0 Å². The summed E-state index contributed by atoms with van der Waals surface area (Å²) in [6.45, 7) is 1.81. The van der Waals surface area contributed by atoms with E-state index in [1.807, 2.05) is 6.92 Å². The van der Waals surface area contributed by atoms with Crippen LogP contribution in [0.3, 0.4) is 0 Å². The van der Waals surface area contributed by atoms with Crippen LogP contribution in [-0.2, 0) is 0 Å². The van der Waals surface area contributed by atoms with Crippen LogP contribution in [0.1, 0.15) is 25.0 Å². The lowest BCUT2D eigenvalue weighted by atomic mass is 10.0. The maximum Gasteiger partial charge on any atom is 0.218 e. The van der Waals surface area contributed by atoms with Crippen LogP contribution in [0.15, 0.2) is 12.3 Å². The van der Waals surface area contributed by atoms with E-state index in [0.29, 0.717) is 6.42 Å². The molecule has 0 radical (unpaired) electrons. The lowest BCUT2D eigenvalue weighted by Gasteiger charge is -2.17. The molecule has 0 unspecified atom stereocenters. The Labute approximate surface area is 86.7 Å². The normalized spacial score (nSPS) is 15.2. The molecule has 1 rings (SSSR count). The molecular formula is C9H12ClFN2O. The fourth-order valence-electron chi connectivity index (χ4n) is 1.10. The van der Waals surface area contributed by atoms with E-state index in [0.717, 1.165) is 0 Å². The molecule has 78 valence electrons. The summed E-state index contributed by atoms with van der Waals surface area (Å²) < 4.78 is 13.1. The zero-order valence-corrected chi connectivity index (χ0v) is 8.50. The van der Waals surface area contributed by atoms with Crippen LogP contribution in [0.5, 0.6) is 0 Å². The molecule has 3 N–H and O–H groups in total. The second kappa shape index (κ2) is 4.68. The summed E-state index contributed by atoms with van der Waals surface area (Å²) in [4.78, 5) is 3.40. The molecule has 0 aliphatic rings. The second-order valence-corrected chi connectivity index (χ2v) is 3.49. The SMILES string of the molecule is CC[C@@H](N)[C@@H](O)c1cc(Cl)cnc1F. The van der Waals surface area contributed by atoms with E-state index in [2.05, 4.69) is 4.98 Å². The third-order valence-corrected chi connectivity index (χ3v) is 2.24. The zero-order chi connectivity index (χ0) is 10.7. The number of aliphatic hydroxyl groups excluding tert-OH is 1. The molecule has 3 nitrogen and oxygen atoms in total. The van der Waals surface area contributed by atoms with Gasteiger partial charge in [-0.25, -0.2) is 4.98 Å². The van der Waals surface area contributed by atoms with Crippen molar-refractivity contribution in [2.24, 2.45) is 5.73 Å². The number of halogens is 2. The van der Waals surface area contributed by atoms with Gasteiger partial charge in [-0.15, -0.1) is 0 Å². The van der Waals surface area contributed by atoms with E-state index in [9.17, 15) is 9.50 Å². The van der Waals surface area contributed by atoms with Crippen LogP contribution in [0, 0.1) is 5.95 Å². The molecule has 0 aliphatic heterocycles. The van der Waals surface area contributed by atoms with E-state index < -0.39 is 18.1 Å². The number of rotatable bonds is 3. The molecule has 14 heavy (non-hydrogen) atoms. The minimum absolute atomic E-state index is 0.0480. The summed E-state index contributed by atoms with van der Waals surface area (Å²) in [6, 6.07) is 0.828. The van der Waals surface area contributed by atoms with Gasteiger partial charge in [0.05, 0.1) is 11.1 Å². The first-order valence-electron chi connectivity index (χ1n) is 4.30. The maximum atomic E-state index is 13.1. The lowest BCUT2D eigenvalue weighted by molar-refractivity contribution is 0.139. The van der Waals surface area contributed by atoms with Crippen LogP contribution in [0.2, 0.25) is 5.02 Å². The Hall–Kier alpha value is -0.710. The Balaban J connectivity index is 2.99. The first-order chi connectivity index (χ1) is 6.56. The Bertz CT molecular complexity index is 322. The molecule has 0 aliphatic carbocycles. The van der Waals surface area contributed by atoms with E-state index in [-0.39, 0.29) is 10.6 Å². The van der Waals surface area contributed by atoms with Crippen molar-refractivity contribution in [1.29, 1.82) is 0 Å². The van der Waals surface area contributed by atoms with Crippen LogP contribution >= 0.6 is 11.6 Å². The zero-order valence-electron chi connectivity index (χ0n) is 7.74. The summed E-state index contributed by atoms with van der Waals surface area (Å²) in [5, 5.41) is 9.91. The number of nitrogens with two attached hydrogens (primary N) is 1. The van der Waals surface area contributed by atoms with Crippen molar-refractivity contribution in [3.05, 3.63) is 28.8 Å². The molecule has 0 saturated heterocycles. The van der Waals surface area contributed by atoms with Crippen molar-refractivity contribution in [3.8, 4) is 0 Å². The summed E-state index contributed by atoms with van der Waals surface area (Å²) >= 11 is 5.63.